The van der Waals surface area contributed by atoms with Gasteiger partial charge in [-0.3, -0.25) is 0 Å². The van der Waals surface area contributed by atoms with Crippen molar-refractivity contribution < 1.29 is 13.9 Å². The van der Waals surface area contributed by atoms with Gasteiger partial charge in [0.15, 0.2) is 5.58 Å². The molecule has 0 saturated carbocycles. The molecule has 0 fully saturated rings. The average molecular weight is 243 g/mol. The van der Waals surface area contributed by atoms with Gasteiger partial charge in [-0.05, 0) is 30.3 Å². The Bertz CT molecular complexity index is 689. The van der Waals surface area contributed by atoms with Crippen LogP contribution in [0.4, 0.5) is 4.39 Å². The molecule has 90 valence electrons. The summed E-state index contributed by atoms with van der Waals surface area (Å²) in [5.74, 6) is 0.122. The number of hydrogen-bond acceptors (Lipinski definition) is 3. The molecule has 1 aromatic heterocycles. The smallest absolute Gasteiger partial charge is 0.227 e. The first-order valence-electron chi connectivity index (χ1n) is 5.53. The number of oxazole rings is 1. The quantitative estimate of drug-likeness (QED) is 0.752. The van der Waals surface area contributed by atoms with Crippen molar-refractivity contribution in [2.45, 2.75) is 6.61 Å². The summed E-state index contributed by atoms with van der Waals surface area (Å²) in [6, 6.07) is 11.3. The second-order valence-corrected chi connectivity index (χ2v) is 3.95. The van der Waals surface area contributed by atoms with Gasteiger partial charge in [-0.25, -0.2) is 9.37 Å². The highest BCUT2D eigenvalue weighted by Gasteiger charge is 2.10. The van der Waals surface area contributed by atoms with Crippen molar-refractivity contribution in [2.24, 2.45) is 0 Å². The number of rotatable bonds is 2. The van der Waals surface area contributed by atoms with Gasteiger partial charge in [0, 0.05) is 11.1 Å². The van der Waals surface area contributed by atoms with Crippen LogP contribution >= 0.6 is 0 Å². The van der Waals surface area contributed by atoms with Gasteiger partial charge >= 0.3 is 0 Å². The molecular formula is C14H10FNO2. The fraction of sp³-hybridized carbons (Fsp3) is 0.0714. The third kappa shape index (κ3) is 1.76. The molecular weight excluding hydrogens is 233 g/mol. The first-order chi connectivity index (χ1) is 8.78. The summed E-state index contributed by atoms with van der Waals surface area (Å²) in [6.45, 7) is -0.102. The first-order valence-corrected chi connectivity index (χ1v) is 5.53. The number of hydrogen-bond donors (Lipinski definition) is 1. The molecule has 0 aliphatic heterocycles. The molecule has 3 aromatic rings. The van der Waals surface area contributed by atoms with Gasteiger partial charge in [-0.2, -0.15) is 0 Å². The van der Waals surface area contributed by atoms with Crippen LogP contribution in [0.5, 0.6) is 0 Å². The highest BCUT2D eigenvalue weighted by Crippen LogP contribution is 2.26. The lowest BCUT2D eigenvalue weighted by Gasteiger charge is -1.95. The lowest BCUT2D eigenvalue weighted by Crippen LogP contribution is -1.81. The normalized spacial score (nSPS) is 11.0. The molecule has 3 nitrogen and oxygen atoms in total. The number of aliphatic hydroxyl groups excluding tert-OH is 1. The minimum atomic E-state index is -0.300. The first kappa shape index (κ1) is 10.9. The summed E-state index contributed by atoms with van der Waals surface area (Å²) in [5.41, 5.74) is 2.64. The van der Waals surface area contributed by atoms with Gasteiger partial charge in [-0.1, -0.05) is 12.1 Å². The summed E-state index contributed by atoms with van der Waals surface area (Å²) in [5, 5.41) is 9.21. The zero-order valence-corrected chi connectivity index (χ0v) is 9.43. The van der Waals surface area contributed by atoms with Crippen LogP contribution in [-0.4, -0.2) is 10.1 Å². The molecule has 0 spiro atoms. The molecule has 0 saturated heterocycles. The van der Waals surface area contributed by atoms with Gasteiger partial charge < -0.3 is 9.52 Å². The van der Waals surface area contributed by atoms with Crippen molar-refractivity contribution in [1.29, 1.82) is 0 Å². The lowest BCUT2D eigenvalue weighted by molar-refractivity contribution is 0.282. The van der Waals surface area contributed by atoms with E-state index in [1.165, 1.54) is 12.1 Å². The molecule has 0 unspecified atom stereocenters. The zero-order chi connectivity index (χ0) is 12.5. The second-order valence-electron chi connectivity index (χ2n) is 3.95. The van der Waals surface area contributed by atoms with Crippen LogP contribution in [0, 0.1) is 5.82 Å². The second kappa shape index (κ2) is 4.23. The van der Waals surface area contributed by atoms with E-state index in [0.29, 0.717) is 28.1 Å². The van der Waals surface area contributed by atoms with E-state index in [9.17, 15) is 9.50 Å². The summed E-state index contributed by atoms with van der Waals surface area (Å²) in [4.78, 5) is 4.32. The van der Waals surface area contributed by atoms with Crippen molar-refractivity contribution in [2.75, 3.05) is 0 Å². The molecule has 1 heterocycles. The number of fused-ring (bicyclic) bond motifs is 1. The van der Waals surface area contributed by atoms with Crippen LogP contribution in [-0.2, 0) is 6.61 Å². The molecule has 1 N–H and O–H groups in total. The van der Waals surface area contributed by atoms with E-state index >= 15 is 0 Å². The Labute approximate surface area is 103 Å². The Morgan fingerprint density at radius 3 is 2.61 bits per heavy atom. The molecule has 3 rings (SSSR count). The monoisotopic (exact) mass is 243 g/mol. The van der Waals surface area contributed by atoms with E-state index in [1.54, 1.807) is 18.2 Å². The number of benzene rings is 2. The van der Waals surface area contributed by atoms with Gasteiger partial charge in [-0.15, -0.1) is 0 Å². The van der Waals surface area contributed by atoms with Crippen LogP contribution in [0.3, 0.4) is 0 Å². The van der Waals surface area contributed by atoms with E-state index < -0.39 is 0 Å². The highest BCUT2D eigenvalue weighted by atomic mass is 19.1. The van der Waals surface area contributed by atoms with Crippen molar-refractivity contribution in [3.63, 3.8) is 0 Å². The number of halogens is 1. The van der Waals surface area contributed by atoms with E-state index in [4.69, 9.17) is 4.42 Å². The van der Waals surface area contributed by atoms with E-state index in [1.807, 2.05) is 12.1 Å². The molecule has 0 aliphatic carbocycles. The predicted octanol–water partition coefficient (Wildman–Crippen LogP) is 3.13. The highest BCUT2D eigenvalue weighted by molar-refractivity contribution is 5.79. The number of aromatic nitrogens is 1. The summed E-state index contributed by atoms with van der Waals surface area (Å²) >= 11 is 0. The van der Waals surface area contributed by atoms with E-state index in [0.717, 1.165) is 0 Å². The Kier molecular flexibility index (Phi) is 2.57. The Morgan fingerprint density at radius 2 is 1.89 bits per heavy atom. The minimum absolute atomic E-state index is 0.102. The maximum atomic E-state index is 12.8. The van der Waals surface area contributed by atoms with Gasteiger partial charge in [0.25, 0.3) is 0 Å². The fourth-order valence-electron chi connectivity index (χ4n) is 1.85. The predicted molar refractivity (Wildman–Crippen MR) is 65.3 cm³/mol. The minimum Gasteiger partial charge on any atom is -0.436 e. The number of aliphatic hydroxyl groups is 1. The molecule has 2 aromatic carbocycles. The van der Waals surface area contributed by atoms with Crippen LogP contribution in [0.1, 0.15) is 5.56 Å². The maximum Gasteiger partial charge on any atom is 0.227 e. The molecule has 0 bridgehead atoms. The van der Waals surface area contributed by atoms with Crippen molar-refractivity contribution in [1.82, 2.24) is 4.98 Å². The topological polar surface area (TPSA) is 46.3 Å². The standard InChI is InChI=1S/C14H10FNO2/c15-11-6-4-9(5-7-11)14-16-12-3-1-2-10(8-17)13(12)18-14/h1-7,17H,8H2. The van der Waals surface area contributed by atoms with Gasteiger partial charge in [0.05, 0.1) is 6.61 Å². The van der Waals surface area contributed by atoms with Crippen molar-refractivity contribution in [3.8, 4) is 11.5 Å². The van der Waals surface area contributed by atoms with Gasteiger partial charge in [0.2, 0.25) is 5.89 Å². The third-order valence-corrected chi connectivity index (χ3v) is 2.76. The van der Waals surface area contributed by atoms with Crippen molar-refractivity contribution in [3.05, 3.63) is 53.8 Å². The lowest BCUT2D eigenvalue weighted by atomic mass is 10.2. The molecule has 0 aliphatic rings. The zero-order valence-electron chi connectivity index (χ0n) is 9.43. The largest absolute Gasteiger partial charge is 0.436 e. The molecule has 0 radical (unpaired) electrons. The fourth-order valence-corrected chi connectivity index (χ4v) is 1.85. The van der Waals surface area contributed by atoms with Crippen LogP contribution < -0.4 is 0 Å². The summed E-state index contributed by atoms with van der Waals surface area (Å²) in [6.07, 6.45) is 0. The summed E-state index contributed by atoms with van der Waals surface area (Å²) < 4.78 is 18.5. The molecule has 0 amide bonds. The average Bonchev–Trinajstić information content (AvgIpc) is 2.83. The van der Waals surface area contributed by atoms with Crippen LogP contribution in [0.15, 0.2) is 46.9 Å². The maximum absolute atomic E-state index is 12.8. The Balaban J connectivity index is 2.16. The van der Waals surface area contributed by atoms with Crippen LogP contribution in [0.25, 0.3) is 22.6 Å². The molecule has 0 atom stereocenters. The van der Waals surface area contributed by atoms with Crippen LogP contribution in [0.2, 0.25) is 0 Å². The number of nitrogens with zero attached hydrogens (tertiary/aromatic N) is 1. The Morgan fingerprint density at radius 1 is 1.11 bits per heavy atom. The molecule has 18 heavy (non-hydrogen) atoms. The van der Waals surface area contributed by atoms with Gasteiger partial charge in [0.1, 0.15) is 11.3 Å². The SMILES string of the molecule is OCc1cccc2nc(-c3ccc(F)cc3)oc12. The Hall–Kier alpha value is -2.20. The van der Waals surface area contributed by atoms with E-state index in [-0.39, 0.29) is 12.4 Å². The number of para-hydroxylation sites is 1. The summed E-state index contributed by atoms with van der Waals surface area (Å²) in [7, 11) is 0. The van der Waals surface area contributed by atoms with E-state index in [2.05, 4.69) is 4.98 Å². The molecule has 4 heteroatoms. The third-order valence-electron chi connectivity index (χ3n) is 2.76. The van der Waals surface area contributed by atoms with Crippen molar-refractivity contribution >= 4 is 11.1 Å².